The number of aromatic nitrogens is 2. The molecule has 0 unspecified atom stereocenters. The van der Waals surface area contributed by atoms with E-state index in [1.54, 1.807) is 20.8 Å². The first kappa shape index (κ1) is 24.6. The van der Waals surface area contributed by atoms with Gasteiger partial charge in [0.05, 0.1) is 0 Å². The molecule has 180 valence electrons. The fourth-order valence-corrected chi connectivity index (χ4v) is 3.55. The number of amides is 2. The molecule has 2 aromatic rings. The van der Waals surface area contributed by atoms with Gasteiger partial charge < -0.3 is 30.4 Å². The first-order valence-electron chi connectivity index (χ1n) is 11.4. The summed E-state index contributed by atoms with van der Waals surface area (Å²) >= 11 is 0. The van der Waals surface area contributed by atoms with Gasteiger partial charge in [0.15, 0.2) is 0 Å². The molecule has 3 rings (SSSR count). The minimum Gasteiger partial charge on any atom is -0.444 e. The number of ether oxygens (including phenoxy) is 2. The molecule has 9 nitrogen and oxygen atoms in total. The lowest BCUT2D eigenvalue weighted by Crippen LogP contribution is -2.43. The monoisotopic (exact) mass is 457 g/mol. The molecule has 0 aromatic carbocycles. The van der Waals surface area contributed by atoms with Gasteiger partial charge in [0.2, 0.25) is 0 Å². The molecule has 1 atom stereocenters. The number of anilines is 1. The second-order valence-electron chi connectivity index (χ2n) is 9.47. The van der Waals surface area contributed by atoms with Gasteiger partial charge >= 0.3 is 6.09 Å². The van der Waals surface area contributed by atoms with Crippen molar-refractivity contribution in [1.29, 1.82) is 0 Å². The molecule has 0 spiro atoms. The molecule has 0 saturated carbocycles. The zero-order chi connectivity index (χ0) is 24.0. The lowest BCUT2D eigenvalue weighted by atomic mass is 10.0. The van der Waals surface area contributed by atoms with Crippen molar-refractivity contribution in [2.45, 2.75) is 65.1 Å². The molecular weight excluding hydrogens is 422 g/mol. The van der Waals surface area contributed by atoms with E-state index in [0.29, 0.717) is 11.7 Å². The van der Waals surface area contributed by atoms with Crippen molar-refractivity contribution in [3.05, 3.63) is 35.8 Å². The minimum absolute atomic E-state index is 0.244. The third-order valence-corrected chi connectivity index (χ3v) is 5.24. The molecular formula is C24H35N5O4. The number of rotatable bonds is 7. The Kier molecular flexibility index (Phi) is 7.97. The molecule has 1 aliphatic rings. The molecule has 0 aliphatic carbocycles. The van der Waals surface area contributed by atoms with E-state index >= 15 is 0 Å². The Morgan fingerprint density at radius 2 is 2.00 bits per heavy atom. The van der Waals surface area contributed by atoms with Gasteiger partial charge in [0, 0.05) is 49.8 Å². The van der Waals surface area contributed by atoms with Crippen molar-refractivity contribution >= 4 is 17.8 Å². The maximum absolute atomic E-state index is 12.7. The van der Waals surface area contributed by atoms with Crippen LogP contribution in [0.25, 0.3) is 11.1 Å². The third-order valence-electron chi connectivity index (χ3n) is 5.24. The predicted octanol–water partition coefficient (Wildman–Crippen LogP) is 3.62. The van der Waals surface area contributed by atoms with Crippen LogP contribution in [-0.2, 0) is 9.47 Å². The highest BCUT2D eigenvalue weighted by atomic mass is 16.6. The minimum atomic E-state index is -0.567. The first-order chi connectivity index (χ1) is 15.6. The zero-order valence-electron chi connectivity index (χ0n) is 20.1. The Morgan fingerprint density at radius 1 is 1.27 bits per heavy atom. The molecule has 2 aromatic heterocycles. The fourth-order valence-electron chi connectivity index (χ4n) is 3.55. The predicted molar refractivity (Wildman–Crippen MR) is 127 cm³/mol. The van der Waals surface area contributed by atoms with Gasteiger partial charge in [-0.25, -0.2) is 9.78 Å². The summed E-state index contributed by atoms with van der Waals surface area (Å²) in [5.74, 6) is 0.573. The molecule has 0 bridgehead atoms. The van der Waals surface area contributed by atoms with Crippen molar-refractivity contribution in [2.24, 2.45) is 0 Å². The van der Waals surface area contributed by atoms with Gasteiger partial charge in [-0.3, -0.25) is 4.79 Å². The van der Waals surface area contributed by atoms with E-state index in [4.69, 9.17) is 9.47 Å². The average molecular weight is 458 g/mol. The normalized spacial score (nSPS) is 15.5. The number of hydrogen-bond acceptors (Lipinski definition) is 6. The van der Waals surface area contributed by atoms with Crippen molar-refractivity contribution in [2.75, 3.05) is 25.1 Å². The zero-order valence-corrected chi connectivity index (χ0v) is 20.1. The van der Waals surface area contributed by atoms with Crippen molar-refractivity contribution < 1.29 is 19.1 Å². The maximum atomic E-state index is 12.7. The van der Waals surface area contributed by atoms with Gasteiger partial charge in [-0.15, -0.1) is 0 Å². The number of hydrogen-bond donors (Lipinski definition) is 4. The van der Waals surface area contributed by atoms with Gasteiger partial charge in [-0.2, -0.15) is 0 Å². The molecule has 3 heterocycles. The van der Waals surface area contributed by atoms with Crippen molar-refractivity contribution in [3.8, 4) is 11.1 Å². The second-order valence-corrected chi connectivity index (χ2v) is 9.47. The van der Waals surface area contributed by atoms with Crippen LogP contribution in [0.5, 0.6) is 0 Å². The van der Waals surface area contributed by atoms with Crippen LogP contribution < -0.4 is 16.0 Å². The van der Waals surface area contributed by atoms with E-state index in [-0.39, 0.29) is 18.5 Å². The summed E-state index contributed by atoms with van der Waals surface area (Å²) in [5, 5.41) is 9.03. The standard InChI is InChI=1S/C24H35N5O4/c1-15-12-26-21(29-18-6-8-32-9-7-18)11-19(15)17-10-20(25-14-17)22(30)28-16(2)13-27-23(31)33-24(3,4)5/h10-12,14,16,18,25H,6-9,13H2,1-5H3,(H,26,29)(H,27,31)(H,28,30)/t16-/m0/s1. The molecule has 1 fully saturated rings. The highest BCUT2D eigenvalue weighted by Crippen LogP contribution is 2.27. The van der Waals surface area contributed by atoms with E-state index < -0.39 is 11.7 Å². The number of nitrogens with zero attached hydrogens (tertiary/aromatic N) is 1. The van der Waals surface area contributed by atoms with Crippen LogP contribution in [0.15, 0.2) is 24.5 Å². The van der Waals surface area contributed by atoms with Crippen LogP contribution in [0.4, 0.5) is 10.6 Å². The lowest BCUT2D eigenvalue weighted by Gasteiger charge is -2.24. The van der Waals surface area contributed by atoms with E-state index in [9.17, 15) is 9.59 Å². The topological polar surface area (TPSA) is 117 Å². The number of nitrogens with one attached hydrogen (secondary N) is 4. The smallest absolute Gasteiger partial charge is 0.407 e. The molecule has 33 heavy (non-hydrogen) atoms. The second kappa shape index (κ2) is 10.7. The highest BCUT2D eigenvalue weighted by Gasteiger charge is 2.19. The van der Waals surface area contributed by atoms with E-state index in [0.717, 1.165) is 48.6 Å². The molecule has 4 N–H and O–H groups in total. The number of aryl methyl sites for hydroxylation is 1. The number of pyridine rings is 1. The van der Waals surface area contributed by atoms with Crippen LogP contribution in [0.3, 0.4) is 0 Å². The summed E-state index contributed by atoms with van der Waals surface area (Å²) in [6.07, 6.45) is 5.07. The Balaban J connectivity index is 1.59. The van der Waals surface area contributed by atoms with Crippen molar-refractivity contribution in [3.63, 3.8) is 0 Å². The fraction of sp³-hybridized carbons (Fsp3) is 0.542. The molecule has 1 aliphatic heterocycles. The Labute approximate surface area is 195 Å². The van der Waals surface area contributed by atoms with Crippen LogP contribution in [0, 0.1) is 6.92 Å². The maximum Gasteiger partial charge on any atom is 0.407 e. The molecule has 2 amide bonds. The molecule has 9 heteroatoms. The largest absolute Gasteiger partial charge is 0.444 e. The molecule has 0 radical (unpaired) electrons. The van der Waals surface area contributed by atoms with Crippen LogP contribution in [-0.4, -0.2) is 59.4 Å². The van der Waals surface area contributed by atoms with Gasteiger partial charge in [-0.05, 0) is 70.7 Å². The van der Waals surface area contributed by atoms with E-state index in [2.05, 4.69) is 25.9 Å². The number of alkyl carbamates (subject to hydrolysis) is 1. The van der Waals surface area contributed by atoms with Crippen LogP contribution >= 0.6 is 0 Å². The number of H-pyrrole nitrogens is 1. The number of carbonyl (C=O) groups excluding carboxylic acids is 2. The Bertz CT molecular complexity index is 960. The van der Waals surface area contributed by atoms with Gasteiger partial charge in [0.1, 0.15) is 17.1 Å². The average Bonchev–Trinajstić information content (AvgIpc) is 3.23. The highest BCUT2D eigenvalue weighted by molar-refractivity contribution is 5.94. The molecule has 1 saturated heterocycles. The lowest BCUT2D eigenvalue weighted by molar-refractivity contribution is 0.0521. The van der Waals surface area contributed by atoms with E-state index in [1.165, 1.54) is 0 Å². The van der Waals surface area contributed by atoms with Crippen LogP contribution in [0.2, 0.25) is 0 Å². The summed E-state index contributed by atoms with van der Waals surface area (Å²) in [7, 11) is 0. The quantitative estimate of drug-likeness (QED) is 0.504. The van der Waals surface area contributed by atoms with Gasteiger partial charge in [-0.1, -0.05) is 0 Å². The van der Waals surface area contributed by atoms with Crippen molar-refractivity contribution in [1.82, 2.24) is 20.6 Å². The Hall–Kier alpha value is -3.07. The summed E-state index contributed by atoms with van der Waals surface area (Å²) in [5.41, 5.74) is 2.82. The summed E-state index contributed by atoms with van der Waals surface area (Å²) in [6.45, 7) is 11.0. The number of aromatic amines is 1. The summed E-state index contributed by atoms with van der Waals surface area (Å²) in [4.78, 5) is 32.0. The van der Waals surface area contributed by atoms with Gasteiger partial charge in [0.25, 0.3) is 5.91 Å². The Morgan fingerprint density at radius 3 is 2.70 bits per heavy atom. The SMILES string of the molecule is Cc1cnc(NC2CCOCC2)cc1-c1c[nH]c(C(=O)N[C@@H](C)CNC(=O)OC(C)(C)C)c1. The first-order valence-corrected chi connectivity index (χ1v) is 11.4. The summed E-state index contributed by atoms with van der Waals surface area (Å²) < 4.78 is 10.6. The van der Waals surface area contributed by atoms with E-state index in [1.807, 2.05) is 38.4 Å². The summed E-state index contributed by atoms with van der Waals surface area (Å²) in [6, 6.07) is 3.92. The van der Waals surface area contributed by atoms with Crippen LogP contribution in [0.1, 0.15) is 56.6 Å². The number of carbonyl (C=O) groups is 2. The third kappa shape index (κ3) is 7.49.